The molecule has 1 unspecified atom stereocenters. The molecule has 1 fully saturated rings. The fraction of sp³-hybridized carbons (Fsp3) is 0.364. The Bertz CT molecular complexity index is 925. The summed E-state index contributed by atoms with van der Waals surface area (Å²) in [6.07, 6.45) is 2.89. The third kappa shape index (κ3) is 3.67. The van der Waals surface area contributed by atoms with Crippen LogP contribution >= 0.6 is 0 Å². The van der Waals surface area contributed by atoms with E-state index in [1.165, 1.54) is 0 Å². The van der Waals surface area contributed by atoms with Gasteiger partial charge in [0.05, 0.1) is 5.69 Å². The number of rotatable bonds is 5. The van der Waals surface area contributed by atoms with E-state index in [4.69, 9.17) is 0 Å². The molecule has 0 aliphatic carbocycles. The molecule has 1 amide bonds. The number of amides is 1. The molecular formula is C22H27N5O. The third-order valence-corrected chi connectivity index (χ3v) is 5.43. The summed E-state index contributed by atoms with van der Waals surface area (Å²) in [5, 5.41) is 4.61. The first-order valence-corrected chi connectivity index (χ1v) is 9.99. The molecule has 0 radical (unpaired) electrons. The predicted molar refractivity (Wildman–Crippen MR) is 114 cm³/mol. The molecule has 3 aromatic rings. The van der Waals surface area contributed by atoms with Crippen molar-refractivity contribution in [2.24, 2.45) is 0 Å². The molecule has 28 heavy (non-hydrogen) atoms. The smallest absolute Gasteiger partial charge is 0.270 e. The van der Waals surface area contributed by atoms with Crippen molar-refractivity contribution in [3.05, 3.63) is 54.4 Å². The van der Waals surface area contributed by atoms with E-state index in [1.807, 2.05) is 47.5 Å². The van der Waals surface area contributed by atoms with E-state index in [0.29, 0.717) is 24.8 Å². The molecule has 0 saturated carbocycles. The van der Waals surface area contributed by atoms with Crippen molar-refractivity contribution in [2.45, 2.75) is 26.3 Å². The minimum atomic E-state index is 0.0647. The quantitative estimate of drug-likeness (QED) is 0.711. The number of piperazine rings is 1. The number of pyridine rings is 1. The monoisotopic (exact) mass is 377 g/mol. The molecule has 0 spiro atoms. The van der Waals surface area contributed by atoms with Gasteiger partial charge in [0.2, 0.25) is 0 Å². The zero-order valence-electron chi connectivity index (χ0n) is 16.5. The molecule has 1 aliphatic heterocycles. The van der Waals surface area contributed by atoms with Crippen LogP contribution in [0.1, 0.15) is 30.8 Å². The molecule has 1 atom stereocenters. The van der Waals surface area contributed by atoms with Crippen molar-refractivity contribution in [1.82, 2.24) is 14.9 Å². The highest BCUT2D eigenvalue weighted by Crippen LogP contribution is 2.25. The molecule has 1 aliphatic rings. The van der Waals surface area contributed by atoms with Crippen molar-refractivity contribution in [2.75, 3.05) is 36.4 Å². The number of carbonyl (C=O) groups excluding carboxylic acids is 1. The molecule has 146 valence electrons. The van der Waals surface area contributed by atoms with Crippen LogP contribution in [0.5, 0.6) is 0 Å². The number of H-pyrrole nitrogens is 1. The van der Waals surface area contributed by atoms with Crippen molar-refractivity contribution in [3.8, 4) is 0 Å². The van der Waals surface area contributed by atoms with Crippen molar-refractivity contribution < 1.29 is 4.79 Å². The van der Waals surface area contributed by atoms with Crippen LogP contribution in [0.4, 0.5) is 11.5 Å². The lowest BCUT2D eigenvalue weighted by Crippen LogP contribution is -2.49. The van der Waals surface area contributed by atoms with Crippen molar-refractivity contribution in [1.29, 1.82) is 0 Å². The lowest BCUT2D eigenvalue weighted by atomic mass is 10.2. The van der Waals surface area contributed by atoms with Gasteiger partial charge in [0.15, 0.2) is 5.82 Å². The highest BCUT2D eigenvalue weighted by Gasteiger charge is 2.25. The number of nitrogens with one attached hydrogen (secondary N) is 2. The van der Waals surface area contributed by atoms with Crippen LogP contribution in [0.25, 0.3) is 10.9 Å². The van der Waals surface area contributed by atoms with Crippen LogP contribution in [-0.4, -0.2) is 53.0 Å². The van der Waals surface area contributed by atoms with Crippen LogP contribution in [0.15, 0.2) is 48.7 Å². The lowest BCUT2D eigenvalue weighted by molar-refractivity contribution is 0.0741. The third-order valence-electron chi connectivity index (χ3n) is 5.43. The van der Waals surface area contributed by atoms with E-state index in [2.05, 4.69) is 40.1 Å². The molecule has 6 nitrogen and oxygen atoms in total. The van der Waals surface area contributed by atoms with E-state index in [1.54, 1.807) is 0 Å². The summed E-state index contributed by atoms with van der Waals surface area (Å²) < 4.78 is 0. The highest BCUT2D eigenvalue weighted by molar-refractivity contribution is 5.98. The Labute approximate surface area is 165 Å². The Hall–Kier alpha value is -3.02. The first kappa shape index (κ1) is 18.3. The SMILES string of the molecule is CCC(C)Nc1cccnc1N1CCN(C(=O)c2cc3ccccc3[nH]2)CC1. The molecule has 6 heteroatoms. The van der Waals surface area contributed by atoms with Gasteiger partial charge in [-0.3, -0.25) is 4.79 Å². The van der Waals surface area contributed by atoms with E-state index >= 15 is 0 Å². The number of aromatic nitrogens is 2. The number of nitrogens with zero attached hydrogens (tertiary/aromatic N) is 3. The summed E-state index contributed by atoms with van der Waals surface area (Å²) >= 11 is 0. The van der Waals surface area contributed by atoms with E-state index < -0.39 is 0 Å². The summed E-state index contributed by atoms with van der Waals surface area (Å²) in [5.74, 6) is 1.04. The maximum absolute atomic E-state index is 12.9. The van der Waals surface area contributed by atoms with Crippen LogP contribution < -0.4 is 10.2 Å². The van der Waals surface area contributed by atoms with Crippen LogP contribution in [0, 0.1) is 0 Å². The largest absolute Gasteiger partial charge is 0.380 e. The number of aromatic amines is 1. The highest BCUT2D eigenvalue weighted by atomic mass is 16.2. The molecule has 3 heterocycles. The topological polar surface area (TPSA) is 64.3 Å². The Kier molecular flexibility index (Phi) is 5.19. The van der Waals surface area contributed by atoms with Gasteiger partial charge in [0.25, 0.3) is 5.91 Å². The van der Waals surface area contributed by atoms with Gasteiger partial charge in [-0.1, -0.05) is 25.1 Å². The summed E-state index contributed by atoms with van der Waals surface area (Å²) in [6, 6.07) is 14.4. The number of hydrogen-bond acceptors (Lipinski definition) is 4. The zero-order chi connectivity index (χ0) is 19.5. The van der Waals surface area contributed by atoms with Gasteiger partial charge >= 0.3 is 0 Å². The second-order valence-corrected chi connectivity index (χ2v) is 7.38. The van der Waals surface area contributed by atoms with E-state index in [0.717, 1.165) is 41.9 Å². The van der Waals surface area contributed by atoms with Gasteiger partial charge in [-0.2, -0.15) is 0 Å². The molecule has 2 N–H and O–H groups in total. The summed E-state index contributed by atoms with van der Waals surface area (Å²) in [6.45, 7) is 7.27. The average Bonchev–Trinajstić information content (AvgIpc) is 3.18. The van der Waals surface area contributed by atoms with Gasteiger partial charge in [-0.15, -0.1) is 0 Å². The first-order chi connectivity index (χ1) is 13.7. The number of anilines is 2. The molecule has 4 rings (SSSR count). The van der Waals surface area contributed by atoms with Crippen LogP contribution in [0.2, 0.25) is 0 Å². The van der Waals surface area contributed by atoms with Gasteiger partial charge in [0, 0.05) is 49.3 Å². The second-order valence-electron chi connectivity index (χ2n) is 7.38. The number of carbonyl (C=O) groups is 1. The summed E-state index contributed by atoms with van der Waals surface area (Å²) in [5.41, 5.74) is 2.72. The fourth-order valence-electron chi connectivity index (χ4n) is 3.61. The fourth-order valence-corrected chi connectivity index (χ4v) is 3.61. The number of para-hydroxylation sites is 1. The number of hydrogen-bond donors (Lipinski definition) is 2. The number of benzene rings is 1. The minimum Gasteiger partial charge on any atom is -0.380 e. The molecule has 2 aromatic heterocycles. The molecule has 1 saturated heterocycles. The minimum absolute atomic E-state index is 0.0647. The molecular weight excluding hydrogens is 350 g/mol. The second kappa shape index (κ2) is 7.92. The van der Waals surface area contributed by atoms with E-state index in [-0.39, 0.29) is 5.91 Å². The molecule has 0 bridgehead atoms. The Morgan fingerprint density at radius 3 is 2.71 bits per heavy atom. The normalized spacial score (nSPS) is 15.6. The van der Waals surface area contributed by atoms with Crippen molar-refractivity contribution in [3.63, 3.8) is 0 Å². The maximum atomic E-state index is 12.9. The van der Waals surface area contributed by atoms with Crippen LogP contribution in [-0.2, 0) is 0 Å². The van der Waals surface area contributed by atoms with E-state index in [9.17, 15) is 4.79 Å². The molecule has 1 aromatic carbocycles. The van der Waals surface area contributed by atoms with Gasteiger partial charge in [-0.25, -0.2) is 4.98 Å². The van der Waals surface area contributed by atoms with Gasteiger partial charge < -0.3 is 20.1 Å². The van der Waals surface area contributed by atoms with Gasteiger partial charge in [-0.05, 0) is 37.6 Å². The summed E-state index contributed by atoms with van der Waals surface area (Å²) in [4.78, 5) is 24.9. The Balaban J connectivity index is 1.44. The predicted octanol–water partition coefficient (Wildman–Crippen LogP) is 3.74. The standard InChI is InChI=1S/C22H27N5O/c1-3-16(2)24-19-9-6-10-23-21(19)26-11-13-27(14-12-26)22(28)20-15-17-7-4-5-8-18(17)25-20/h4-10,15-16,24-25H,3,11-14H2,1-2H3. The van der Waals surface area contributed by atoms with Crippen molar-refractivity contribution >= 4 is 28.3 Å². The lowest BCUT2D eigenvalue weighted by Gasteiger charge is -2.36. The Morgan fingerprint density at radius 2 is 1.96 bits per heavy atom. The first-order valence-electron chi connectivity index (χ1n) is 9.99. The van der Waals surface area contributed by atoms with Gasteiger partial charge in [0.1, 0.15) is 5.69 Å². The zero-order valence-corrected chi connectivity index (χ0v) is 16.5. The van der Waals surface area contributed by atoms with Crippen LogP contribution in [0.3, 0.4) is 0 Å². The maximum Gasteiger partial charge on any atom is 0.270 e. The average molecular weight is 377 g/mol. The number of fused-ring (bicyclic) bond motifs is 1. The Morgan fingerprint density at radius 1 is 1.18 bits per heavy atom. The summed E-state index contributed by atoms with van der Waals surface area (Å²) in [7, 11) is 0.